The highest BCUT2D eigenvalue weighted by molar-refractivity contribution is 5.87. The molecule has 0 saturated heterocycles. The zero-order valence-electron chi connectivity index (χ0n) is 16.0. The maximum atomic E-state index is 10.3. The van der Waals surface area contributed by atoms with E-state index in [9.17, 15) is 4.79 Å². The van der Waals surface area contributed by atoms with Crippen molar-refractivity contribution in [3.8, 4) is 0 Å². The standard InChI is InChI=1S/C8H14.C7H13NO.2C2H6/c1-4-5-6-7-8(2)3;1-7(9)5-4-6-8(2)3;2*1-2/h6-7H,2,4-5H2,1,3H3;4-5H,6H2,1-3H3;2*1-2H3/b7-6+;5-4+;;. The molecule has 0 spiro atoms. The van der Waals surface area contributed by atoms with Crippen molar-refractivity contribution in [2.45, 2.75) is 61.3 Å². The van der Waals surface area contributed by atoms with Crippen molar-refractivity contribution in [1.82, 2.24) is 4.90 Å². The minimum Gasteiger partial charge on any atom is -0.306 e. The van der Waals surface area contributed by atoms with Gasteiger partial charge in [-0.3, -0.25) is 4.79 Å². The highest BCUT2D eigenvalue weighted by Gasteiger charge is 1.83. The Kier molecular flexibility index (Phi) is 36.4. The van der Waals surface area contributed by atoms with Crippen LogP contribution in [0.2, 0.25) is 0 Å². The van der Waals surface area contributed by atoms with Crippen LogP contribution in [0.4, 0.5) is 0 Å². The van der Waals surface area contributed by atoms with Gasteiger partial charge in [-0.1, -0.05) is 71.4 Å². The lowest BCUT2D eigenvalue weighted by Gasteiger charge is -2.02. The summed E-state index contributed by atoms with van der Waals surface area (Å²) in [4.78, 5) is 12.3. The van der Waals surface area contributed by atoms with Crippen molar-refractivity contribution in [1.29, 1.82) is 0 Å². The summed E-state index contributed by atoms with van der Waals surface area (Å²) < 4.78 is 0. The van der Waals surface area contributed by atoms with Gasteiger partial charge in [0, 0.05) is 6.54 Å². The Morgan fingerprint density at radius 2 is 1.48 bits per heavy atom. The van der Waals surface area contributed by atoms with E-state index in [2.05, 4.69) is 25.7 Å². The second-order valence-corrected chi connectivity index (χ2v) is 4.31. The van der Waals surface area contributed by atoms with E-state index in [0.29, 0.717) is 0 Å². The van der Waals surface area contributed by atoms with Crippen LogP contribution < -0.4 is 0 Å². The van der Waals surface area contributed by atoms with Gasteiger partial charge in [0.15, 0.2) is 5.78 Å². The van der Waals surface area contributed by atoms with Crippen LogP contribution in [-0.2, 0) is 4.79 Å². The fraction of sp³-hybridized carbons (Fsp3) is 0.632. The summed E-state index contributed by atoms with van der Waals surface area (Å²) in [7, 11) is 3.93. The number of unbranched alkanes of at least 4 members (excludes halogenated alkanes) is 1. The summed E-state index contributed by atoms with van der Waals surface area (Å²) in [6, 6.07) is 0. The van der Waals surface area contributed by atoms with Gasteiger partial charge in [-0.05, 0) is 40.4 Å². The minimum atomic E-state index is 0.108. The Morgan fingerprint density at radius 3 is 1.76 bits per heavy atom. The van der Waals surface area contributed by atoms with Crippen LogP contribution in [0.3, 0.4) is 0 Å². The highest BCUT2D eigenvalue weighted by atomic mass is 16.1. The molecule has 0 fully saturated rings. The molecule has 0 rings (SSSR count). The quantitative estimate of drug-likeness (QED) is 0.465. The first-order chi connectivity index (χ1) is 9.90. The zero-order valence-corrected chi connectivity index (χ0v) is 16.0. The third-order valence-electron chi connectivity index (χ3n) is 1.68. The molecule has 0 amide bonds. The second-order valence-electron chi connectivity index (χ2n) is 4.31. The molecule has 0 aromatic rings. The molecular weight excluding hydrogens is 258 g/mol. The molecule has 0 aromatic heterocycles. The number of likely N-dealkylation sites (N-methyl/N-ethyl adjacent to an activating group) is 1. The number of carbonyl (C=O) groups is 1. The fourth-order valence-corrected chi connectivity index (χ4v) is 0.881. The molecule has 0 N–H and O–H groups in total. The zero-order chi connectivity index (χ0) is 17.7. The molecule has 0 unspecified atom stereocenters. The molecule has 0 heterocycles. The van der Waals surface area contributed by atoms with E-state index in [0.717, 1.165) is 12.1 Å². The van der Waals surface area contributed by atoms with E-state index in [1.807, 2.05) is 59.7 Å². The number of ketones is 1. The van der Waals surface area contributed by atoms with Crippen molar-refractivity contribution in [3.05, 3.63) is 36.5 Å². The van der Waals surface area contributed by atoms with Crippen molar-refractivity contribution >= 4 is 5.78 Å². The maximum Gasteiger partial charge on any atom is 0.152 e. The number of rotatable bonds is 6. The average molecular weight is 298 g/mol. The Hall–Kier alpha value is -1.15. The molecule has 0 atom stereocenters. The predicted octanol–water partition coefficient (Wildman–Crippen LogP) is 5.66. The molecule has 2 nitrogen and oxygen atoms in total. The molecule has 21 heavy (non-hydrogen) atoms. The van der Waals surface area contributed by atoms with Gasteiger partial charge in [0.25, 0.3) is 0 Å². The molecule has 126 valence electrons. The van der Waals surface area contributed by atoms with Gasteiger partial charge in [-0.15, -0.1) is 0 Å². The van der Waals surface area contributed by atoms with Gasteiger partial charge in [-0.25, -0.2) is 0 Å². The Labute approximate surface area is 134 Å². The Morgan fingerprint density at radius 1 is 1.00 bits per heavy atom. The lowest BCUT2D eigenvalue weighted by atomic mass is 10.2. The number of hydrogen-bond acceptors (Lipinski definition) is 2. The SMILES string of the molecule is C=C(C)/C=C/CCC.CC.CC.CC(=O)/C=C/CN(C)C. The Bertz CT molecular complexity index is 263. The summed E-state index contributed by atoms with van der Waals surface area (Å²) in [5.74, 6) is 0.108. The summed E-state index contributed by atoms with van der Waals surface area (Å²) in [6.07, 6.45) is 10.0. The summed E-state index contributed by atoms with van der Waals surface area (Å²) in [5.41, 5.74) is 1.14. The third kappa shape index (κ3) is 55.2. The largest absolute Gasteiger partial charge is 0.306 e. The summed E-state index contributed by atoms with van der Waals surface area (Å²) in [6.45, 7) is 18.3. The van der Waals surface area contributed by atoms with Crippen LogP contribution in [-0.4, -0.2) is 31.3 Å². The molecular formula is C19H39NO. The van der Waals surface area contributed by atoms with E-state index in [-0.39, 0.29) is 5.78 Å². The van der Waals surface area contributed by atoms with Crippen LogP contribution in [0.25, 0.3) is 0 Å². The third-order valence-corrected chi connectivity index (χ3v) is 1.68. The average Bonchev–Trinajstić information content (AvgIpc) is 2.43. The summed E-state index contributed by atoms with van der Waals surface area (Å²) in [5, 5.41) is 0. The highest BCUT2D eigenvalue weighted by Crippen LogP contribution is 1.93. The van der Waals surface area contributed by atoms with E-state index in [1.54, 1.807) is 13.0 Å². The first kappa shape index (κ1) is 28.1. The van der Waals surface area contributed by atoms with Gasteiger partial charge < -0.3 is 4.90 Å². The lowest BCUT2D eigenvalue weighted by molar-refractivity contribution is -0.112. The smallest absolute Gasteiger partial charge is 0.152 e. The van der Waals surface area contributed by atoms with Crippen molar-refractivity contribution < 1.29 is 4.79 Å². The van der Waals surface area contributed by atoms with Crippen molar-refractivity contribution in [2.24, 2.45) is 0 Å². The molecule has 0 bridgehead atoms. The first-order valence-electron chi connectivity index (χ1n) is 8.04. The minimum absolute atomic E-state index is 0.108. The van der Waals surface area contributed by atoms with Gasteiger partial charge in [0.1, 0.15) is 0 Å². The van der Waals surface area contributed by atoms with Crippen LogP contribution in [0.5, 0.6) is 0 Å². The maximum absolute atomic E-state index is 10.3. The molecule has 2 heteroatoms. The monoisotopic (exact) mass is 297 g/mol. The first-order valence-corrected chi connectivity index (χ1v) is 8.04. The van der Waals surface area contributed by atoms with Gasteiger partial charge >= 0.3 is 0 Å². The molecule has 0 saturated carbocycles. The van der Waals surface area contributed by atoms with Crippen LogP contribution in [0, 0.1) is 0 Å². The fourth-order valence-electron chi connectivity index (χ4n) is 0.881. The topological polar surface area (TPSA) is 20.3 Å². The molecule has 0 aromatic carbocycles. The number of nitrogens with zero attached hydrogens (tertiary/aromatic N) is 1. The van der Waals surface area contributed by atoms with Gasteiger partial charge in [0.05, 0.1) is 0 Å². The van der Waals surface area contributed by atoms with Crippen LogP contribution >= 0.6 is 0 Å². The molecule has 0 radical (unpaired) electrons. The van der Waals surface area contributed by atoms with E-state index in [1.165, 1.54) is 12.8 Å². The van der Waals surface area contributed by atoms with Gasteiger partial charge in [-0.2, -0.15) is 0 Å². The van der Waals surface area contributed by atoms with E-state index >= 15 is 0 Å². The van der Waals surface area contributed by atoms with Gasteiger partial charge in [0.2, 0.25) is 0 Å². The van der Waals surface area contributed by atoms with Crippen LogP contribution in [0.15, 0.2) is 36.5 Å². The van der Waals surface area contributed by atoms with E-state index < -0.39 is 0 Å². The number of carbonyl (C=O) groups excluding carboxylic acids is 1. The second kappa shape index (κ2) is 27.2. The van der Waals surface area contributed by atoms with E-state index in [4.69, 9.17) is 0 Å². The van der Waals surface area contributed by atoms with Crippen molar-refractivity contribution in [3.63, 3.8) is 0 Å². The number of hydrogen-bond donors (Lipinski definition) is 0. The molecule has 0 aliphatic carbocycles. The molecule has 0 aliphatic rings. The predicted molar refractivity (Wildman–Crippen MR) is 99.9 cm³/mol. The Balaban J connectivity index is -0.000000111. The normalized spacial score (nSPS) is 9.24. The lowest BCUT2D eigenvalue weighted by Crippen LogP contribution is -2.10. The van der Waals surface area contributed by atoms with Crippen LogP contribution in [0.1, 0.15) is 61.3 Å². The molecule has 0 aliphatic heterocycles. The number of allylic oxidation sites excluding steroid dienone is 4. The summed E-state index contributed by atoms with van der Waals surface area (Å²) >= 11 is 0. The van der Waals surface area contributed by atoms with Crippen molar-refractivity contribution in [2.75, 3.05) is 20.6 Å².